The summed E-state index contributed by atoms with van der Waals surface area (Å²) >= 11 is 0. The Morgan fingerprint density at radius 1 is 1.12 bits per heavy atom. The third-order valence-corrected chi connectivity index (χ3v) is 3.05. The number of hydrogen-bond acceptors (Lipinski definition) is 2. The highest BCUT2D eigenvalue weighted by Crippen LogP contribution is 2.25. The normalized spacial score (nSPS) is 18.2. The largest absolute Gasteiger partial charge is 0.488 e. The Morgan fingerprint density at radius 3 is 2.12 bits per heavy atom. The smallest absolute Gasteiger partial charge is 0.124 e. The molecule has 16 heavy (non-hydrogen) atoms. The Labute approximate surface area is 98.2 Å². The highest BCUT2D eigenvalue weighted by molar-refractivity contribution is 5.31. The van der Waals surface area contributed by atoms with Gasteiger partial charge in [0.05, 0.1) is 0 Å². The lowest BCUT2D eigenvalue weighted by atomic mass is 9.87. The first-order valence-electron chi connectivity index (χ1n) is 5.91. The molecule has 0 aliphatic carbocycles. The lowest BCUT2D eigenvalue weighted by Gasteiger charge is -2.36. The molecule has 0 unspecified atom stereocenters. The molecular formula is C14H21NO. The molecule has 1 saturated heterocycles. The average Bonchev–Trinajstić information content (AvgIpc) is 2.15. The van der Waals surface area contributed by atoms with Crippen LogP contribution in [-0.2, 0) is 5.41 Å². The molecule has 1 heterocycles. The molecule has 1 fully saturated rings. The number of rotatable bonds is 2. The summed E-state index contributed by atoms with van der Waals surface area (Å²) in [5.74, 6) is 0.992. The molecule has 1 aromatic carbocycles. The maximum absolute atomic E-state index is 5.85. The van der Waals surface area contributed by atoms with E-state index in [2.05, 4.69) is 57.0 Å². The van der Waals surface area contributed by atoms with Crippen molar-refractivity contribution in [1.29, 1.82) is 0 Å². The van der Waals surface area contributed by atoms with E-state index in [0.717, 1.165) is 18.8 Å². The van der Waals surface area contributed by atoms with Crippen LogP contribution in [0, 0.1) is 0 Å². The van der Waals surface area contributed by atoms with Gasteiger partial charge in [-0.05, 0) is 30.2 Å². The number of likely N-dealkylation sites (tertiary alicyclic amines) is 1. The van der Waals surface area contributed by atoms with Gasteiger partial charge < -0.3 is 4.74 Å². The highest BCUT2D eigenvalue weighted by atomic mass is 16.5. The minimum Gasteiger partial charge on any atom is -0.488 e. The number of likely N-dealkylation sites (N-methyl/N-ethyl adjacent to an activating group) is 1. The Bertz CT molecular complexity index is 344. The summed E-state index contributed by atoms with van der Waals surface area (Å²) in [7, 11) is 2.11. The van der Waals surface area contributed by atoms with E-state index in [0.29, 0.717) is 6.10 Å². The predicted molar refractivity (Wildman–Crippen MR) is 67.1 cm³/mol. The number of ether oxygens (including phenoxy) is 1. The molecule has 0 aromatic heterocycles. The quantitative estimate of drug-likeness (QED) is 0.758. The fraction of sp³-hybridized carbons (Fsp3) is 0.571. The molecule has 2 nitrogen and oxygen atoms in total. The summed E-state index contributed by atoms with van der Waals surface area (Å²) in [5.41, 5.74) is 1.57. The Hall–Kier alpha value is -1.02. The third-order valence-electron chi connectivity index (χ3n) is 3.05. The van der Waals surface area contributed by atoms with Crippen molar-refractivity contribution in [3.8, 4) is 5.75 Å². The van der Waals surface area contributed by atoms with E-state index >= 15 is 0 Å². The fourth-order valence-electron chi connectivity index (χ4n) is 1.94. The van der Waals surface area contributed by atoms with Crippen LogP contribution in [0.5, 0.6) is 5.75 Å². The van der Waals surface area contributed by atoms with E-state index in [1.165, 1.54) is 5.56 Å². The number of nitrogens with zero attached hydrogens (tertiary/aromatic N) is 1. The minimum atomic E-state index is 0.217. The van der Waals surface area contributed by atoms with E-state index in [-0.39, 0.29) is 5.41 Å². The lowest BCUT2D eigenvalue weighted by molar-refractivity contribution is 0.0388. The van der Waals surface area contributed by atoms with E-state index in [1.54, 1.807) is 0 Å². The van der Waals surface area contributed by atoms with Crippen molar-refractivity contribution in [2.75, 3.05) is 20.1 Å². The monoisotopic (exact) mass is 219 g/mol. The second-order valence-corrected chi connectivity index (χ2v) is 5.74. The SMILES string of the molecule is CN1CC(Oc2ccc(C(C)(C)C)cc2)C1. The van der Waals surface area contributed by atoms with Crippen molar-refractivity contribution < 1.29 is 4.74 Å². The molecule has 1 aromatic rings. The number of benzene rings is 1. The van der Waals surface area contributed by atoms with Crippen LogP contribution in [0.4, 0.5) is 0 Å². The van der Waals surface area contributed by atoms with Gasteiger partial charge in [0.2, 0.25) is 0 Å². The van der Waals surface area contributed by atoms with Crippen molar-refractivity contribution in [3.63, 3.8) is 0 Å². The summed E-state index contributed by atoms with van der Waals surface area (Å²) in [6, 6.07) is 8.49. The maximum atomic E-state index is 5.85. The van der Waals surface area contributed by atoms with Gasteiger partial charge in [0.1, 0.15) is 11.9 Å². The van der Waals surface area contributed by atoms with E-state index in [4.69, 9.17) is 4.74 Å². The van der Waals surface area contributed by atoms with Crippen LogP contribution in [0.15, 0.2) is 24.3 Å². The Morgan fingerprint density at radius 2 is 1.69 bits per heavy atom. The number of hydrogen-bond donors (Lipinski definition) is 0. The maximum Gasteiger partial charge on any atom is 0.124 e. The van der Waals surface area contributed by atoms with Crippen LogP contribution in [0.1, 0.15) is 26.3 Å². The minimum absolute atomic E-state index is 0.217. The summed E-state index contributed by atoms with van der Waals surface area (Å²) < 4.78 is 5.85. The zero-order chi connectivity index (χ0) is 11.8. The topological polar surface area (TPSA) is 12.5 Å². The van der Waals surface area contributed by atoms with Gasteiger partial charge in [0.15, 0.2) is 0 Å². The van der Waals surface area contributed by atoms with Crippen LogP contribution < -0.4 is 4.74 Å². The average molecular weight is 219 g/mol. The van der Waals surface area contributed by atoms with Crippen molar-refractivity contribution in [2.24, 2.45) is 0 Å². The van der Waals surface area contributed by atoms with Gasteiger partial charge in [-0.25, -0.2) is 0 Å². The predicted octanol–water partition coefficient (Wildman–Crippen LogP) is 2.68. The molecule has 0 radical (unpaired) electrons. The van der Waals surface area contributed by atoms with E-state index in [9.17, 15) is 0 Å². The zero-order valence-corrected chi connectivity index (χ0v) is 10.7. The van der Waals surface area contributed by atoms with Crippen molar-refractivity contribution in [1.82, 2.24) is 4.90 Å². The van der Waals surface area contributed by atoms with Crippen molar-refractivity contribution in [2.45, 2.75) is 32.3 Å². The van der Waals surface area contributed by atoms with E-state index < -0.39 is 0 Å². The fourth-order valence-corrected chi connectivity index (χ4v) is 1.94. The molecule has 0 bridgehead atoms. The zero-order valence-electron chi connectivity index (χ0n) is 10.7. The molecule has 1 aliphatic rings. The van der Waals surface area contributed by atoms with Gasteiger partial charge in [-0.15, -0.1) is 0 Å². The Balaban J connectivity index is 1.97. The van der Waals surface area contributed by atoms with Crippen molar-refractivity contribution >= 4 is 0 Å². The van der Waals surface area contributed by atoms with Gasteiger partial charge in [-0.3, -0.25) is 4.90 Å². The van der Waals surface area contributed by atoms with E-state index in [1.807, 2.05) is 0 Å². The van der Waals surface area contributed by atoms with Crippen LogP contribution in [-0.4, -0.2) is 31.1 Å². The second-order valence-electron chi connectivity index (χ2n) is 5.74. The molecule has 0 N–H and O–H groups in total. The lowest BCUT2D eigenvalue weighted by Crippen LogP contribution is -2.51. The second kappa shape index (κ2) is 4.10. The summed E-state index contributed by atoms with van der Waals surface area (Å²) in [4.78, 5) is 2.26. The van der Waals surface area contributed by atoms with Crippen LogP contribution in [0.3, 0.4) is 0 Å². The molecule has 0 amide bonds. The first kappa shape index (κ1) is 11.5. The molecule has 0 atom stereocenters. The summed E-state index contributed by atoms with van der Waals surface area (Å²) in [6.45, 7) is 8.76. The first-order valence-corrected chi connectivity index (χ1v) is 5.91. The molecule has 0 saturated carbocycles. The van der Waals surface area contributed by atoms with Crippen molar-refractivity contribution in [3.05, 3.63) is 29.8 Å². The standard InChI is InChI=1S/C14H21NO/c1-14(2,3)11-5-7-12(8-6-11)16-13-9-15(4)10-13/h5-8,13H,9-10H2,1-4H3. The van der Waals surface area contributed by atoms with Gasteiger partial charge in [-0.2, -0.15) is 0 Å². The van der Waals surface area contributed by atoms with Gasteiger partial charge >= 0.3 is 0 Å². The Kier molecular flexibility index (Phi) is 2.94. The molecule has 88 valence electrons. The first-order chi connectivity index (χ1) is 7.45. The van der Waals surface area contributed by atoms with Crippen LogP contribution in [0.2, 0.25) is 0 Å². The molecule has 2 heteroatoms. The van der Waals surface area contributed by atoms with Crippen LogP contribution >= 0.6 is 0 Å². The third kappa shape index (κ3) is 2.56. The van der Waals surface area contributed by atoms with Gasteiger partial charge in [0.25, 0.3) is 0 Å². The molecule has 2 rings (SSSR count). The summed E-state index contributed by atoms with van der Waals surface area (Å²) in [5, 5.41) is 0. The molecular weight excluding hydrogens is 198 g/mol. The molecule has 0 spiro atoms. The summed E-state index contributed by atoms with van der Waals surface area (Å²) in [6.07, 6.45) is 0.380. The van der Waals surface area contributed by atoms with Gasteiger partial charge in [-0.1, -0.05) is 32.9 Å². The van der Waals surface area contributed by atoms with Crippen LogP contribution in [0.25, 0.3) is 0 Å². The highest BCUT2D eigenvalue weighted by Gasteiger charge is 2.24. The molecule has 1 aliphatic heterocycles. The van der Waals surface area contributed by atoms with Gasteiger partial charge in [0, 0.05) is 13.1 Å².